The Labute approximate surface area is 124 Å². The van der Waals surface area contributed by atoms with Crippen LogP contribution in [0.5, 0.6) is 0 Å². The lowest BCUT2D eigenvalue weighted by molar-refractivity contribution is -0.140. The first-order valence-corrected chi connectivity index (χ1v) is 7.46. The summed E-state index contributed by atoms with van der Waals surface area (Å²) in [6, 6.07) is 10.1. The Hall–Kier alpha value is -2.28. The summed E-state index contributed by atoms with van der Waals surface area (Å²) in [7, 11) is 0. The van der Waals surface area contributed by atoms with Crippen LogP contribution < -0.4 is 0 Å². The van der Waals surface area contributed by atoms with Gasteiger partial charge in [-0.25, -0.2) is 4.79 Å². The lowest BCUT2D eigenvalue weighted by atomic mass is 10.1. The molecule has 3 rings (SSSR count). The van der Waals surface area contributed by atoms with E-state index in [1.807, 2.05) is 30.3 Å². The second-order valence-corrected chi connectivity index (χ2v) is 5.57. The minimum Gasteiger partial charge on any atom is -0.480 e. The Kier molecular flexibility index (Phi) is 3.66. The van der Waals surface area contributed by atoms with Crippen molar-refractivity contribution in [3.8, 4) is 11.3 Å². The molecule has 6 nitrogen and oxygen atoms in total. The first-order valence-electron chi connectivity index (χ1n) is 6.30. The highest BCUT2D eigenvalue weighted by Gasteiger charge is 2.36. The van der Waals surface area contributed by atoms with E-state index in [1.165, 1.54) is 16.7 Å². The molecule has 21 heavy (non-hydrogen) atoms. The van der Waals surface area contributed by atoms with Crippen LogP contribution in [0.15, 0.2) is 40.9 Å². The molecule has 108 valence electrons. The van der Waals surface area contributed by atoms with Crippen molar-refractivity contribution in [2.24, 2.45) is 0 Å². The van der Waals surface area contributed by atoms with Gasteiger partial charge < -0.3 is 14.5 Å². The number of nitrogens with zero attached hydrogens (tertiary/aromatic N) is 2. The van der Waals surface area contributed by atoms with Gasteiger partial charge in [-0.2, -0.15) is 0 Å². The number of carbonyl (C=O) groups is 2. The van der Waals surface area contributed by atoms with Crippen LogP contribution in [0.1, 0.15) is 10.6 Å². The Bertz CT molecular complexity index is 671. The van der Waals surface area contributed by atoms with E-state index in [0.29, 0.717) is 17.3 Å². The molecule has 0 aliphatic carbocycles. The summed E-state index contributed by atoms with van der Waals surface area (Å²) in [6.45, 7) is 0. The number of carboxylic acids is 1. The van der Waals surface area contributed by atoms with Gasteiger partial charge in [0.25, 0.3) is 5.91 Å². The van der Waals surface area contributed by atoms with Crippen molar-refractivity contribution in [2.45, 2.75) is 6.04 Å². The third-order valence-corrected chi connectivity index (χ3v) is 4.23. The Morgan fingerprint density at radius 3 is 2.81 bits per heavy atom. The number of carbonyl (C=O) groups excluding carboxylic acids is 1. The van der Waals surface area contributed by atoms with Gasteiger partial charge in [-0.1, -0.05) is 35.5 Å². The molecule has 0 bridgehead atoms. The molecule has 0 unspecified atom stereocenters. The van der Waals surface area contributed by atoms with Crippen LogP contribution in [0.3, 0.4) is 0 Å². The first-order chi connectivity index (χ1) is 10.2. The number of aliphatic carboxylic acids is 1. The fraction of sp³-hybridized carbons (Fsp3) is 0.214. The van der Waals surface area contributed by atoms with Gasteiger partial charge in [0.05, 0.1) is 5.88 Å². The standard InChI is InChI=1S/C14H12N2O4S/c17-13(16-8-21-7-11(16)14(18)19)12-6-10(15-20-12)9-4-2-1-3-5-9/h1-6,11H,7-8H2,(H,18,19)/t11-/m0/s1. The minimum atomic E-state index is -1.00. The largest absolute Gasteiger partial charge is 0.480 e. The second-order valence-electron chi connectivity index (χ2n) is 4.57. The molecule has 1 aromatic carbocycles. The second kappa shape index (κ2) is 5.61. The van der Waals surface area contributed by atoms with Gasteiger partial charge in [-0.15, -0.1) is 11.8 Å². The van der Waals surface area contributed by atoms with Crippen LogP contribution in [-0.4, -0.2) is 44.7 Å². The van der Waals surface area contributed by atoms with Crippen molar-refractivity contribution in [3.05, 3.63) is 42.2 Å². The molecule has 1 N–H and O–H groups in total. The van der Waals surface area contributed by atoms with Crippen LogP contribution in [0.4, 0.5) is 0 Å². The van der Waals surface area contributed by atoms with Crippen molar-refractivity contribution in [2.75, 3.05) is 11.6 Å². The zero-order valence-corrected chi connectivity index (χ0v) is 11.7. The third-order valence-electron chi connectivity index (χ3n) is 3.22. The number of carboxylic acid groups (broad SMARTS) is 1. The van der Waals surface area contributed by atoms with Gasteiger partial charge in [-0.3, -0.25) is 4.79 Å². The summed E-state index contributed by atoms with van der Waals surface area (Å²) >= 11 is 1.41. The number of benzene rings is 1. The van der Waals surface area contributed by atoms with Crippen LogP contribution >= 0.6 is 11.8 Å². The predicted octanol–water partition coefficient (Wildman–Crippen LogP) is 1.94. The minimum absolute atomic E-state index is 0.0580. The topological polar surface area (TPSA) is 83.6 Å². The monoisotopic (exact) mass is 304 g/mol. The molecule has 1 atom stereocenters. The van der Waals surface area contributed by atoms with Crippen molar-refractivity contribution in [1.82, 2.24) is 10.1 Å². The first kappa shape index (κ1) is 13.7. The molecule has 1 aliphatic heterocycles. The molecule has 2 aromatic rings. The Morgan fingerprint density at radius 2 is 2.10 bits per heavy atom. The van der Waals surface area contributed by atoms with Crippen molar-refractivity contribution < 1.29 is 19.2 Å². The summed E-state index contributed by atoms with van der Waals surface area (Å²) < 4.78 is 5.08. The number of hydrogen-bond donors (Lipinski definition) is 1. The molecule has 0 saturated carbocycles. The van der Waals surface area contributed by atoms with Crippen molar-refractivity contribution in [3.63, 3.8) is 0 Å². The van der Waals surface area contributed by atoms with Crippen LogP contribution in [-0.2, 0) is 4.79 Å². The fourth-order valence-corrected chi connectivity index (χ4v) is 3.25. The summed E-state index contributed by atoms with van der Waals surface area (Å²) in [6.07, 6.45) is 0. The van der Waals surface area contributed by atoms with Gasteiger partial charge in [0.1, 0.15) is 11.7 Å². The van der Waals surface area contributed by atoms with E-state index in [1.54, 1.807) is 6.07 Å². The normalized spacial score (nSPS) is 17.9. The number of hydrogen-bond acceptors (Lipinski definition) is 5. The molecule has 0 spiro atoms. The number of rotatable bonds is 3. The smallest absolute Gasteiger partial charge is 0.327 e. The van der Waals surface area contributed by atoms with Crippen LogP contribution in [0.2, 0.25) is 0 Å². The van der Waals surface area contributed by atoms with E-state index in [-0.39, 0.29) is 5.76 Å². The molecule has 1 amide bonds. The number of thioether (sulfide) groups is 1. The lowest BCUT2D eigenvalue weighted by Crippen LogP contribution is -2.41. The summed E-state index contributed by atoms with van der Waals surface area (Å²) in [5, 5.41) is 13.0. The molecular weight excluding hydrogens is 292 g/mol. The molecule has 1 saturated heterocycles. The summed E-state index contributed by atoms with van der Waals surface area (Å²) in [4.78, 5) is 24.7. The quantitative estimate of drug-likeness (QED) is 0.933. The van der Waals surface area contributed by atoms with E-state index in [0.717, 1.165) is 5.56 Å². The summed E-state index contributed by atoms with van der Waals surface area (Å²) in [5.74, 6) is -0.654. The third kappa shape index (κ3) is 2.64. The predicted molar refractivity (Wildman–Crippen MR) is 76.9 cm³/mol. The van der Waals surface area contributed by atoms with E-state index in [2.05, 4.69) is 5.16 Å². The molecule has 1 aromatic heterocycles. The SMILES string of the molecule is O=C(O)[C@@H]1CSCN1C(=O)c1cc(-c2ccccc2)no1. The van der Waals surface area contributed by atoms with Gasteiger partial charge in [0.2, 0.25) is 5.76 Å². The van der Waals surface area contributed by atoms with Crippen LogP contribution in [0.25, 0.3) is 11.3 Å². The lowest BCUT2D eigenvalue weighted by Gasteiger charge is -2.18. The number of aromatic nitrogens is 1. The van der Waals surface area contributed by atoms with E-state index < -0.39 is 17.9 Å². The van der Waals surface area contributed by atoms with E-state index in [9.17, 15) is 9.59 Å². The Balaban J connectivity index is 1.83. The maximum atomic E-state index is 12.3. The van der Waals surface area contributed by atoms with E-state index in [4.69, 9.17) is 9.63 Å². The highest BCUT2D eigenvalue weighted by molar-refractivity contribution is 7.99. The molecule has 1 fully saturated rings. The van der Waals surface area contributed by atoms with Crippen molar-refractivity contribution >= 4 is 23.6 Å². The average Bonchev–Trinajstić information content (AvgIpc) is 3.17. The van der Waals surface area contributed by atoms with Gasteiger partial charge in [0.15, 0.2) is 0 Å². The highest BCUT2D eigenvalue weighted by Crippen LogP contribution is 2.25. The summed E-state index contributed by atoms with van der Waals surface area (Å²) in [5.41, 5.74) is 1.39. The maximum Gasteiger partial charge on any atom is 0.327 e. The van der Waals surface area contributed by atoms with Crippen molar-refractivity contribution in [1.29, 1.82) is 0 Å². The van der Waals surface area contributed by atoms with Crippen LogP contribution in [0, 0.1) is 0 Å². The molecular formula is C14H12N2O4S. The fourth-order valence-electron chi connectivity index (χ4n) is 2.11. The van der Waals surface area contributed by atoms with Gasteiger partial charge in [0, 0.05) is 17.4 Å². The zero-order chi connectivity index (χ0) is 14.8. The molecule has 7 heteroatoms. The maximum absolute atomic E-state index is 12.3. The van der Waals surface area contributed by atoms with E-state index >= 15 is 0 Å². The molecule has 2 heterocycles. The molecule has 0 radical (unpaired) electrons. The highest BCUT2D eigenvalue weighted by atomic mass is 32.2. The molecule has 1 aliphatic rings. The average molecular weight is 304 g/mol. The zero-order valence-electron chi connectivity index (χ0n) is 10.9. The number of amides is 1. The van der Waals surface area contributed by atoms with Gasteiger partial charge >= 0.3 is 5.97 Å². The Morgan fingerprint density at radius 1 is 1.33 bits per heavy atom. The van der Waals surface area contributed by atoms with Gasteiger partial charge in [-0.05, 0) is 0 Å².